The summed E-state index contributed by atoms with van der Waals surface area (Å²) in [4.78, 5) is 24.3. The fraction of sp³-hybridized carbons (Fsp3) is 0.333. The molecule has 0 bridgehead atoms. The molecule has 0 saturated heterocycles. The molecule has 2 aromatic rings. The zero-order chi connectivity index (χ0) is 19.8. The molecule has 2 N–H and O–H groups in total. The first kappa shape index (κ1) is 20.8. The maximum atomic E-state index is 12.2. The third-order valence-corrected chi connectivity index (χ3v) is 4.37. The third kappa shape index (κ3) is 6.00. The molecule has 27 heavy (non-hydrogen) atoms. The number of hydrogen-bond donors (Lipinski definition) is 2. The van der Waals surface area contributed by atoms with Crippen LogP contribution in [0.3, 0.4) is 0 Å². The predicted molar refractivity (Wildman–Crippen MR) is 107 cm³/mol. The van der Waals surface area contributed by atoms with Crippen LogP contribution in [-0.4, -0.2) is 31.0 Å². The maximum absolute atomic E-state index is 12.2. The van der Waals surface area contributed by atoms with E-state index < -0.39 is 6.10 Å². The highest BCUT2D eigenvalue weighted by atomic mass is 35.5. The second kappa shape index (κ2) is 9.97. The Hall–Kier alpha value is -2.53. The van der Waals surface area contributed by atoms with E-state index in [-0.39, 0.29) is 11.8 Å². The number of nitrogens with one attached hydrogen (secondary N) is 2. The molecule has 0 aliphatic carbocycles. The molecular weight excluding hydrogens is 364 g/mol. The lowest BCUT2D eigenvalue weighted by Crippen LogP contribution is -2.40. The highest BCUT2D eigenvalue weighted by molar-refractivity contribution is 6.33. The van der Waals surface area contributed by atoms with Gasteiger partial charge in [-0.1, -0.05) is 55.8 Å². The van der Waals surface area contributed by atoms with Crippen molar-refractivity contribution in [2.45, 2.75) is 32.8 Å². The van der Waals surface area contributed by atoms with E-state index >= 15 is 0 Å². The minimum absolute atomic E-state index is 0.236. The Balaban J connectivity index is 1.79. The zero-order valence-corrected chi connectivity index (χ0v) is 16.5. The summed E-state index contributed by atoms with van der Waals surface area (Å²) in [5.74, 6) is 0.504. The lowest BCUT2D eigenvalue weighted by atomic mass is 10.0. The lowest BCUT2D eigenvalue weighted by Gasteiger charge is -2.18. The number of benzene rings is 2. The van der Waals surface area contributed by atoms with Gasteiger partial charge in [0.15, 0.2) is 6.10 Å². The Morgan fingerprint density at radius 1 is 0.963 bits per heavy atom. The molecule has 0 heterocycles. The van der Waals surface area contributed by atoms with Gasteiger partial charge in [-0.3, -0.25) is 9.59 Å². The molecule has 2 rings (SSSR count). The van der Waals surface area contributed by atoms with Crippen LogP contribution < -0.4 is 15.4 Å². The van der Waals surface area contributed by atoms with Gasteiger partial charge < -0.3 is 15.4 Å². The van der Waals surface area contributed by atoms with Gasteiger partial charge in [0, 0.05) is 13.1 Å². The molecular formula is C21H25ClN2O3. The summed E-state index contributed by atoms with van der Waals surface area (Å²) in [6.07, 6.45) is -0.635. The number of carbonyl (C=O) groups is 2. The van der Waals surface area contributed by atoms with Gasteiger partial charge in [0.05, 0.1) is 10.6 Å². The SMILES string of the molecule is CC(Oc1ccccc1C(C)C)C(=O)NCCNC(=O)c1ccccc1Cl. The van der Waals surface area contributed by atoms with Crippen LogP contribution in [0.5, 0.6) is 5.75 Å². The second-order valence-corrected chi connectivity index (χ2v) is 6.89. The van der Waals surface area contributed by atoms with E-state index in [4.69, 9.17) is 16.3 Å². The van der Waals surface area contributed by atoms with Crippen LogP contribution in [0, 0.1) is 0 Å². The Morgan fingerprint density at radius 2 is 1.59 bits per heavy atom. The Labute approximate surface area is 165 Å². The number of hydrogen-bond acceptors (Lipinski definition) is 3. The van der Waals surface area contributed by atoms with Gasteiger partial charge in [0.25, 0.3) is 11.8 Å². The van der Waals surface area contributed by atoms with E-state index in [1.165, 1.54) is 0 Å². The van der Waals surface area contributed by atoms with E-state index in [9.17, 15) is 9.59 Å². The highest BCUT2D eigenvalue weighted by Crippen LogP contribution is 2.26. The Morgan fingerprint density at radius 3 is 2.30 bits per heavy atom. The molecule has 2 amide bonds. The zero-order valence-electron chi connectivity index (χ0n) is 15.8. The standard InChI is InChI=1S/C21H25ClN2O3/c1-14(2)16-8-5-7-11-19(16)27-15(3)20(25)23-12-13-24-21(26)17-9-4-6-10-18(17)22/h4-11,14-15H,12-13H2,1-3H3,(H,23,25)(H,24,26). The van der Waals surface area contributed by atoms with Crippen molar-refractivity contribution < 1.29 is 14.3 Å². The average Bonchev–Trinajstić information content (AvgIpc) is 2.65. The fourth-order valence-electron chi connectivity index (χ4n) is 2.55. The minimum Gasteiger partial charge on any atom is -0.481 e. The van der Waals surface area contributed by atoms with Crippen LogP contribution in [0.25, 0.3) is 0 Å². The molecule has 2 aromatic carbocycles. The summed E-state index contributed by atoms with van der Waals surface area (Å²) in [5, 5.41) is 5.88. The number of para-hydroxylation sites is 1. The molecule has 0 aromatic heterocycles. The van der Waals surface area contributed by atoms with E-state index in [0.29, 0.717) is 35.3 Å². The van der Waals surface area contributed by atoms with Crippen LogP contribution in [-0.2, 0) is 4.79 Å². The molecule has 5 nitrogen and oxygen atoms in total. The lowest BCUT2D eigenvalue weighted by molar-refractivity contribution is -0.127. The van der Waals surface area contributed by atoms with E-state index in [1.807, 2.05) is 24.3 Å². The number of rotatable bonds is 8. The van der Waals surface area contributed by atoms with Gasteiger partial charge in [0.1, 0.15) is 5.75 Å². The van der Waals surface area contributed by atoms with E-state index in [2.05, 4.69) is 24.5 Å². The van der Waals surface area contributed by atoms with Gasteiger partial charge in [-0.05, 0) is 36.6 Å². The topological polar surface area (TPSA) is 67.4 Å². The van der Waals surface area contributed by atoms with Gasteiger partial charge in [-0.2, -0.15) is 0 Å². The summed E-state index contributed by atoms with van der Waals surface area (Å²) < 4.78 is 5.81. The van der Waals surface area contributed by atoms with Gasteiger partial charge in [0.2, 0.25) is 0 Å². The second-order valence-electron chi connectivity index (χ2n) is 6.48. The van der Waals surface area contributed by atoms with Crippen molar-refractivity contribution in [3.8, 4) is 5.75 Å². The monoisotopic (exact) mass is 388 g/mol. The minimum atomic E-state index is -0.635. The van der Waals surface area contributed by atoms with Crippen LogP contribution in [0.1, 0.15) is 42.6 Å². The predicted octanol–water partition coefficient (Wildman–Crippen LogP) is 3.78. The Bertz CT molecular complexity index is 793. The van der Waals surface area contributed by atoms with Crippen molar-refractivity contribution in [2.24, 2.45) is 0 Å². The summed E-state index contributed by atoms with van der Waals surface area (Å²) >= 11 is 5.99. The van der Waals surface area contributed by atoms with E-state index in [0.717, 1.165) is 5.56 Å². The van der Waals surface area contributed by atoms with Crippen molar-refractivity contribution in [2.75, 3.05) is 13.1 Å². The first-order valence-electron chi connectivity index (χ1n) is 8.96. The quantitative estimate of drug-likeness (QED) is 0.676. The van der Waals surface area contributed by atoms with E-state index in [1.54, 1.807) is 31.2 Å². The van der Waals surface area contributed by atoms with Crippen LogP contribution in [0.2, 0.25) is 5.02 Å². The fourth-order valence-corrected chi connectivity index (χ4v) is 2.78. The molecule has 1 atom stereocenters. The third-order valence-electron chi connectivity index (χ3n) is 4.04. The summed E-state index contributed by atoms with van der Waals surface area (Å²) in [7, 11) is 0. The number of carbonyl (C=O) groups excluding carboxylic acids is 2. The largest absolute Gasteiger partial charge is 0.481 e. The molecule has 0 aliphatic heterocycles. The van der Waals surface area contributed by atoms with Crippen molar-refractivity contribution in [1.29, 1.82) is 0 Å². The molecule has 1 unspecified atom stereocenters. The smallest absolute Gasteiger partial charge is 0.260 e. The number of amides is 2. The molecule has 0 aliphatic rings. The van der Waals surface area contributed by atoms with Gasteiger partial charge in [-0.25, -0.2) is 0 Å². The number of ether oxygens (including phenoxy) is 1. The molecule has 144 valence electrons. The first-order valence-corrected chi connectivity index (χ1v) is 9.34. The molecule has 6 heteroatoms. The maximum Gasteiger partial charge on any atom is 0.260 e. The Kier molecular flexibility index (Phi) is 7.67. The first-order chi connectivity index (χ1) is 12.9. The van der Waals surface area contributed by atoms with Crippen LogP contribution in [0.15, 0.2) is 48.5 Å². The molecule has 0 radical (unpaired) electrons. The van der Waals surface area contributed by atoms with Gasteiger partial charge in [-0.15, -0.1) is 0 Å². The summed E-state index contributed by atoms with van der Waals surface area (Å²) in [6.45, 7) is 6.46. The average molecular weight is 389 g/mol. The summed E-state index contributed by atoms with van der Waals surface area (Å²) in [5.41, 5.74) is 1.47. The molecule has 0 spiro atoms. The summed E-state index contributed by atoms with van der Waals surface area (Å²) in [6, 6.07) is 14.5. The van der Waals surface area contributed by atoms with Crippen molar-refractivity contribution in [3.05, 3.63) is 64.7 Å². The molecule has 0 fully saturated rings. The molecule has 0 saturated carbocycles. The normalized spacial score (nSPS) is 11.7. The van der Waals surface area contributed by atoms with Crippen molar-refractivity contribution in [3.63, 3.8) is 0 Å². The van der Waals surface area contributed by atoms with Crippen LogP contribution >= 0.6 is 11.6 Å². The van der Waals surface area contributed by atoms with Crippen molar-refractivity contribution in [1.82, 2.24) is 10.6 Å². The highest BCUT2D eigenvalue weighted by Gasteiger charge is 2.17. The van der Waals surface area contributed by atoms with Crippen LogP contribution in [0.4, 0.5) is 0 Å². The number of halogens is 1. The van der Waals surface area contributed by atoms with Crippen molar-refractivity contribution >= 4 is 23.4 Å². The van der Waals surface area contributed by atoms with Gasteiger partial charge >= 0.3 is 0 Å².